The summed E-state index contributed by atoms with van der Waals surface area (Å²) in [6, 6.07) is 18.0. The second-order valence-electron chi connectivity index (χ2n) is 4.51. The van der Waals surface area contributed by atoms with Crippen LogP contribution in [0.2, 0.25) is 0 Å². The third kappa shape index (κ3) is 4.43. The number of aliphatic imine (C=N–C) groups is 1. The molecule has 2 aromatic rings. The summed E-state index contributed by atoms with van der Waals surface area (Å²) in [5.41, 5.74) is 9.93. The van der Waals surface area contributed by atoms with Crippen LogP contribution in [-0.2, 0) is 6.54 Å². The van der Waals surface area contributed by atoms with Crippen LogP contribution in [0.25, 0.3) is 6.08 Å². The third-order valence-electron chi connectivity index (χ3n) is 2.74. The summed E-state index contributed by atoms with van der Waals surface area (Å²) in [7, 11) is 0. The molecule has 0 aliphatic heterocycles. The number of hydrogen-bond acceptors (Lipinski definition) is 2. The average Bonchev–Trinajstić information content (AvgIpc) is 2.42. The molecule has 2 nitrogen and oxygen atoms in total. The van der Waals surface area contributed by atoms with E-state index in [-0.39, 0.29) is 0 Å². The first-order chi connectivity index (χ1) is 9.24. The van der Waals surface area contributed by atoms with Gasteiger partial charge in [-0.15, -0.1) is 0 Å². The van der Waals surface area contributed by atoms with E-state index in [0.29, 0.717) is 6.54 Å². The molecular formula is C17H18N2. The van der Waals surface area contributed by atoms with Crippen LogP contribution in [-0.4, -0.2) is 6.21 Å². The smallest absolute Gasteiger partial charge is 0.0639 e. The lowest BCUT2D eigenvalue weighted by molar-refractivity contribution is 1.08. The van der Waals surface area contributed by atoms with Gasteiger partial charge in [-0.25, -0.2) is 0 Å². The molecule has 2 N–H and O–H groups in total. The molecule has 0 aliphatic rings. The molecular weight excluding hydrogens is 232 g/mol. The summed E-state index contributed by atoms with van der Waals surface area (Å²) in [6.45, 7) is 2.74. The Morgan fingerprint density at radius 1 is 1.05 bits per heavy atom. The monoisotopic (exact) mass is 250 g/mol. The quantitative estimate of drug-likeness (QED) is 0.647. The highest BCUT2D eigenvalue weighted by atomic mass is 14.7. The highest BCUT2D eigenvalue weighted by Gasteiger charge is 1.90. The van der Waals surface area contributed by atoms with Crippen LogP contribution in [0, 0.1) is 0 Å². The van der Waals surface area contributed by atoms with Gasteiger partial charge in [-0.2, -0.15) is 0 Å². The zero-order valence-electron chi connectivity index (χ0n) is 11.1. The van der Waals surface area contributed by atoms with Crippen molar-refractivity contribution in [3.63, 3.8) is 0 Å². The number of nitrogens with two attached hydrogens (primary N) is 1. The molecule has 0 aromatic heterocycles. The summed E-state index contributed by atoms with van der Waals surface area (Å²) in [6.07, 6.45) is 4.02. The Kier molecular flexibility index (Phi) is 4.51. The van der Waals surface area contributed by atoms with Crippen LogP contribution in [0.5, 0.6) is 0 Å². The van der Waals surface area contributed by atoms with Gasteiger partial charge in [0.25, 0.3) is 0 Å². The van der Waals surface area contributed by atoms with Crippen molar-refractivity contribution in [1.29, 1.82) is 0 Å². The molecule has 2 heteroatoms. The van der Waals surface area contributed by atoms with Gasteiger partial charge in [-0.1, -0.05) is 48.5 Å². The molecule has 19 heavy (non-hydrogen) atoms. The molecule has 0 heterocycles. The summed E-state index contributed by atoms with van der Waals surface area (Å²) < 4.78 is 0. The van der Waals surface area contributed by atoms with E-state index in [1.165, 1.54) is 5.56 Å². The van der Waals surface area contributed by atoms with Crippen LogP contribution >= 0.6 is 0 Å². The van der Waals surface area contributed by atoms with Crippen molar-refractivity contribution in [2.75, 3.05) is 5.73 Å². The van der Waals surface area contributed by atoms with Crippen LogP contribution < -0.4 is 5.73 Å². The summed E-state index contributed by atoms with van der Waals surface area (Å²) in [5, 5.41) is 0. The Morgan fingerprint density at radius 3 is 2.42 bits per heavy atom. The minimum absolute atomic E-state index is 0.681. The summed E-state index contributed by atoms with van der Waals surface area (Å²) in [5.74, 6) is 0. The molecule has 0 saturated carbocycles. The highest BCUT2D eigenvalue weighted by molar-refractivity contribution is 5.84. The van der Waals surface area contributed by atoms with Gasteiger partial charge in [0.15, 0.2) is 0 Å². The summed E-state index contributed by atoms with van der Waals surface area (Å²) >= 11 is 0. The maximum atomic E-state index is 5.64. The number of anilines is 1. The molecule has 0 atom stereocenters. The number of rotatable bonds is 4. The number of allylic oxidation sites excluding steroid dienone is 1. The van der Waals surface area contributed by atoms with Crippen molar-refractivity contribution in [1.82, 2.24) is 0 Å². The van der Waals surface area contributed by atoms with Gasteiger partial charge in [0.1, 0.15) is 0 Å². The Labute approximate surface area is 114 Å². The van der Waals surface area contributed by atoms with Gasteiger partial charge in [0, 0.05) is 11.9 Å². The van der Waals surface area contributed by atoms with Crippen molar-refractivity contribution in [2.45, 2.75) is 13.5 Å². The van der Waals surface area contributed by atoms with E-state index in [1.54, 1.807) is 0 Å². The van der Waals surface area contributed by atoms with Gasteiger partial charge in [0.2, 0.25) is 0 Å². The third-order valence-corrected chi connectivity index (χ3v) is 2.74. The van der Waals surface area contributed by atoms with Gasteiger partial charge in [0.05, 0.1) is 6.54 Å². The number of nitrogen functional groups attached to an aromatic ring is 1. The second-order valence-corrected chi connectivity index (χ2v) is 4.51. The van der Waals surface area contributed by atoms with Crippen molar-refractivity contribution in [3.05, 3.63) is 71.3 Å². The molecule has 0 amide bonds. The molecule has 2 rings (SSSR count). The topological polar surface area (TPSA) is 38.4 Å². The van der Waals surface area contributed by atoms with E-state index in [2.05, 4.69) is 30.1 Å². The predicted octanol–water partition coefficient (Wildman–Crippen LogP) is 3.94. The fourth-order valence-corrected chi connectivity index (χ4v) is 1.77. The Morgan fingerprint density at radius 2 is 1.74 bits per heavy atom. The number of benzene rings is 2. The molecule has 0 fully saturated rings. The maximum absolute atomic E-state index is 5.64. The molecule has 2 aromatic carbocycles. The SMILES string of the molecule is C/C(C=NCc1ccc(N)cc1)=C\c1ccccc1. The molecule has 0 aliphatic carbocycles. The summed E-state index contributed by atoms with van der Waals surface area (Å²) in [4.78, 5) is 4.43. The average molecular weight is 250 g/mol. The molecule has 96 valence electrons. The predicted molar refractivity (Wildman–Crippen MR) is 83.1 cm³/mol. The molecule has 0 spiro atoms. The second kappa shape index (κ2) is 6.55. The van der Waals surface area contributed by atoms with E-state index in [4.69, 9.17) is 5.73 Å². The van der Waals surface area contributed by atoms with Gasteiger partial charge >= 0.3 is 0 Å². The minimum Gasteiger partial charge on any atom is -0.399 e. The zero-order valence-corrected chi connectivity index (χ0v) is 11.1. The maximum Gasteiger partial charge on any atom is 0.0639 e. The van der Waals surface area contributed by atoms with E-state index in [9.17, 15) is 0 Å². The largest absolute Gasteiger partial charge is 0.399 e. The van der Waals surface area contributed by atoms with E-state index >= 15 is 0 Å². The lowest BCUT2D eigenvalue weighted by Crippen LogP contribution is -1.87. The van der Waals surface area contributed by atoms with Crippen LogP contribution in [0.3, 0.4) is 0 Å². The Hall–Kier alpha value is -2.35. The van der Waals surface area contributed by atoms with Gasteiger partial charge in [-0.3, -0.25) is 4.99 Å². The molecule has 0 radical (unpaired) electrons. The number of nitrogens with zero attached hydrogens (tertiary/aromatic N) is 1. The zero-order chi connectivity index (χ0) is 13.5. The normalized spacial score (nSPS) is 11.9. The highest BCUT2D eigenvalue weighted by Crippen LogP contribution is 2.07. The van der Waals surface area contributed by atoms with Crippen LogP contribution in [0.4, 0.5) is 5.69 Å². The minimum atomic E-state index is 0.681. The van der Waals surface area contributed by atoms with Crippen molar-refractivity contribution in [3.8, 4) is 0 Å². The van der Waals surface area contributed by atoms with E-state index in [0.717, 1.165) is 16.8 Å². The molecule has 0 saturated heterocycles. The van der Waals surface area contributed by atoms with E-state index < -0.39 is 0 Å². The van der Waals surface area contributed by atoms with Crippen molar-refractivity contribution in [2.24, 2.45) is 4.99 Å². The fourth-order valence-electron chi connectivity index (χ4n) is 1.77. The number of hydrogen-bond donors (Lipinski definition) is 1. The van der Waals surface area contributed by atoms with Crippen molar-refractivity contribution < 1.29 is 0 Å². The fraction of sp³-hybridized carbons (Fsp3) is 0.118. The van der Waals surface area contributed by atoms with Crippen LogP contribution in [0.15, 0.2) is 65.2 Å². The lowest BCUT2D eigenvalue weighted by Gasteiger charge is -1.98. The van der Waals surface area contributed by atoms with Crippen molar-refractivity contribution >= 4 is 18.0 Å². The first-order valence-electron chi connectivity index (χ1n) is 6.31. The first-order valence-corrected chi connectivity index (χ1v) is 6.31. The van der Waals surface area contributed by atoms with E-state index in [1.807, 2.05) is 48.7 Å². The Balaban J connectivity index is 1.95. The van der Waals surface area contributed by atoms with Gasteiger partial charge in [-0.05, 0) is 35.8 Å². The molecule has 0 unspecified atom stereocenters. The molecule has 0 bridgehead atoms. The standard InChI is InChI=1S/C17H18N2/c1-14(11-15-5-3-2-4-6-15)12-19-13-16-7-9-17(18)10-8-16/h2-12H,13,18H2,1H3/b14-11+,19-12?. The first kappa shape index (κ1) is 13.1. The van der Waals surface area contributed by atoms with Gasteiger partial charge < -0.3 is 5.73 Å². The van der Waals surface area contributed by atoms with Crippen LogP contribution in [0.1, 0.15) is 18.1 Å². The Bertz CT molecular complexity index is 566. The lowest BCUT2D eigenvalue weighted by atomic mass is 10.1.